The predicted molar refractivity (Wildman–Crippen MR) is 114 cm³/mol. The average Bonchev–Trinajstić information content (AvgIpc) is 3.47. The second-order valence-electron chi connectivity index (χ2n) is 7.75. The molecule has 2 amide bonds. The topological polar surface area (TPSA) is 117 Å². The number of carboxylic acids is 1. The van der Waals surface area contributed by atoms with Gasteiger partial charge >= 0.3 is 12.0 Å². The van der Waals surface area contributed by atoms with Gasteiger partial charge in [-0.05, 0) is 23.3 Å². The van der Waals surface area contributed by atoms with Crippen molar-refractivity contribution in [1.82, 2.24) is 20.2 Å². The summed E-state index contributed by atoms with van der Waals surface area (Å²) < 4.78 is 10.9. The first-order valence-electron chi connectivity index (χ1n) is 10.4. The number of carbonyl (C=O) groups is 2. The van der Waals surface area contributed by atoms with E-state index in [-0.39, 0.29) is 13.2 Å². The largest absolute Gasteiger partial charge is 0.480 e. The molecule has 2 atom stereocenters. The Balaban J connectivity index is 1.43. The quantitative estimate of drug-likeness (QED) is 0.568. The minimum Gasteiger partial charge on any atom is -0.480 e. The highest BCUT2D eigenvalue weighted by atomic mass is 16.7. The molecule has 164 valence electrons. The highest BCUT2D eigenvalue weighted by Crippen LogP contribution is 2.39. The highest BCUT2D eigenvalue weighted by molar-refractivity contribution is 5.83. The number of ether oxygens (including phenoxy) is 2. The summed E-state index contributed by atoms with van der Waals surface area (Å²) in [5.74, 6) is 0.175. The molecule has 3 heterocycles. The summed E-state index contributed by atoms with van der Waals surface area (Å²) in [6.07, 6.45) is 2.40. The molecule has 0 bridgehead atoms. The molecular weight excluding hydrogens is 412 g/mol. The summed E-state index contributed by atoms with van der Waals surface area (Å²) in [6.45, 7) is 0.568. The highest BCUT2D eigenvalue weighted by Gasteiger charge is 2.36. The number of benzene rings is 2. The van der Waals surface area contributed by atoms with Crippen LogP contribution >= 0.6 is 0 Å². The van der Waals surface area contributed by atoms with Crippen molar-refractivity contribution in [2.75, 3.05) is 13.3 Å². The van der Waals surface area contributed by atoms with Gasteiger partial charge in [0.15, 0.2) is 11.5 Å². The van der Waals surface area contributed by atoms with E-state index in [4.69, 9.17) is 9.47 Å². The van der Waals surface area contributed by atoms with Crippen molar-refractivity contribution in [3.8, 4) is 11.5 Å². The number of amides is 2. The van der Waals surface area contributed by atoms with Gasteiger partial charge in [-0.15, -0.1) is 0 Å². The molecule has 9 nitrogen and oxygen atoms in total. The lowest BCUT2D eigenvalue weighted by Gasteiger charge is -2.36. The Kier molecular flexibility index (Phi) is 5.14. The molecule has 2 aliphatic heterocycles. The molecule has 0 aliphatic carbocycles. The molecule has 0 saturated heterocycles. The number of carbonyl (C=O) groups excluding carboxylic acids is 1. The Bertz CT molecular complexity index is 1150. The van der Waals surface area contributed by atoms with Crippen molar-refractivity contribution in [3.63, 3.8) is 0 Å². The molecule has 3 N–H and O–H groups in total. The number of aromatic amines is 1. The van der Waals surface area contributed by atoms with Gasteiger partial charge in [0, 0.05) is 25.1 Å². The van der Waals surface area contributed by atoms with E-state index < -0.39 is 24.1 Å². The minimum atomic E-state index is -1.08. The van der Waals surface area contributed by atoms with Gasteiger partial charge < -0.3 is 29.8 Å². The van der Waals surface area contributed by atoms with Crippen LogP contribution in [0.3, 0.4) is 0 Å². The fourth-order valence-electron chi connectivity index (χ4n) is 4.20. The van der Waals surface area contributed by atoms with Gasteiger partial charge in [0.1, 0.15) is 12.1 Å². The van der Waals surface area contributed by atoms with Crippen LogP contribution in [-0.4, -0.2) is 51.4 Å². The van der Waals surface area contributed by atoms with E-state index in [1.807, 2.05) is 48.5 Å². The van der Waals surface area contributed by atoms with Crippen LogP contribution in [0.5, 0.6) is 11.5 Å². The third kappa shape index (κ3) is 3.73. The molecule has 0 fully saturated rings. The Hall–Kier alpha value is -4.01. The maximum absolute atomic E-state index is 13.3. The molecule has 3 aromatic rings. The first kappa shape index (κ1) is 19.9. The van der Waals surface area contributed by atoms with Crippen molar-refractivity contribution in [1.29, 1.82) is 0 Å². The van der Waals surface area contributed by atoms with Gasteiger partial charge in [0.25, 0.3) is 0 Å². The summed E-state index contributed by atoms with van der Waals surface area (Å²) >= 11 is 0. The maximum Gasteiger partial charge on any atom is 0.326 e. The van der Waals surface area contributed by atoms with Crippen molar-refractivity contribution in [3.05, 3.63) is 77.4 Å². The van der Waals surface area contributed by atoms with Gasteiger partial charge in [0.05, 0.1) is 12.0 Å². The van der Waals surface area contributed by atoms with E-state index in [2.05, 4.69) is 15.3 Å². The van der Waals surface area contributed by atoms with Crippen LogP contribution in [0.1, 0.15) is 28.6 Å². The van der Waals surface area contributed by atoms with Crippen LogP contribution in [0, 0.1) is 0 Å². The number of carboxylic acid groups (broad SMARTS) is 1. The molecule has 0 saturated carbocycles. The van der Waals surface area contributed by atoms with Gasteiger partial charge in [-0.25, -0.2) is 14.6 Å². The summed E-state index contributed by atoms with van der Waals surface area (Å²) in [5, 5.41) is 12.4. The first-order valence-corrected chi connectivity index (χ1v) is 10.4. The van der Waals surface area contributed by atoms with Gasteiger partial charge in [-0.2, -0.15) is 0 Å². The Morgan fingerprint density at radius 1 is 1.19 bits per heavy atom. The Morgan fingerprint density at radius 2 is 2.00 bits per heavy atom. The molecule has 5 rings (SSSR count). The molecule has 0 radical (unpaired) electrons. The second-order valence-corrected chi connectivity index (χ2v) is 7.75. The van der Waals surface area contributed by atoms with Crippen molar-refractivity contribution >= 4 is 12.0 Å². The summed E-state index contributed by atoms with van der Waals surface area (Å²) in [5.41, 5.74) is 3.34. The number of aliphatic carboxylic acids is 1. The predicted octanol–water partition coefficient (Wildman–Crippen LogP) is 2.49. The molecule has 2 aromatic carbocycles. The number of hydrogen-bond donors (Lipinski definition) is 3. The number of urea groups is 1. The van der Waals surface area contributed by atoms with Gasteiger partial charge in [-0.3, -0.25) is 0 Å². The number of hydrogen-bond acceptors (Lipinski definition) is 5. The van der Waals surface area contributed by atoms with Crippen LogP contribution in [0.15, 0.2) is 54.9 Å². The smallest absolute Gasteiger partial charge is 0.326 e. The number of aromatic nitrogens is 2. The van der Waals surface area contributed by atoms with E-state index >= 15 is 0 Å². The Morgan fingerprint density at radius 3 is 2.81 bits per heavy atom. The summed E-state index contributed by atoms with van der Waals surface area (Å²) in [6, 6.07) is 12.8. The lowest BCUT2D eigenvalue weighted by Crippen LogP contribution is -2.51. The number of fused-ring (bicyclic) bond motifs is 2. The van der Waals surface area contributed by atoms with E-state index in [0.717, 1.165) is 22.5 Å². The lowest BCUT2D eigenvalue weighted by atomic mass is 9.95. The summed E-state index contributed by atoms with van der Waals surface area (Å²) in [4.78, 5) is 34.4. The number of imidazole rings is 1. The molecule has 9 heteroatoms. The van der Waals surface area contributed by atoms with E-state index in [1.165, 1.54) is 0 Å². The number of nitrogens with one attached hydrogen (secondary N) is 2. The van der Waals surface area contributed by atoms with Crippen LogP contribution in [0.2, 0.25) is 0 Å². The monoisotopic (exact) mass is 434 g/mol. The normalized spacial score (nSPS) is 17.5. The molecule has 1 unspecified atom stereocenters. The van der Waals surface area contributed by atoms with Crippen LogP contribution < -0.4 is 14.8 Å². The van der Waals surface area contributed by atoms with Crippen LogP contribution in [0.25, 0.3) is 0 Å². The van der Waals surface area contributed by atoms with Gasteiger partial charge in [-0.1, -0.05) is 36.4 Å². The zero-order valence-corrected chi connectivity index (χ0v) is 17.2. The Labute approximate surface area is 184 Å². The van der Waals surface area contributed by atoms with Crippen molar-refractivity contribution in [2.45, 2.75) is 24.9 Å². The van der Waals surface area contributed by atoms with Crippen LogP contribution in [0.4, 0.5) is 4.79 Å². The molecular formula is C23H22N4O5. The second kappa shape index (κ2) is 8.26. The third-order valence-electron chi connectivity index (χ3n) is 5.78. The number of rotatable bonds is 5. The maximum atomic E-state index is 13.3. The first-order chi connectivity index (χ1) is 15.6. The SMILES string of the molecule is O=C(O)[C@H](Cc1ccccc1)NC(=O)N1CCc2[nH]cnc2C1c1ccc2c(c1)OCO2. The fraction of sp³-hybridized carbons (Fsp3) is 0.261. The molecule has 1 aromatic heterocycles. The van der Waals surface area contributed by atoms with E-state index in [9.17, 15) is 14.7 Å². The minimum absolute atomic E-state index is 0.154. The number of H-pyrrole nitrogens is 1. The standard InChI is InChI=1S/C23H22N4O5/c28-22(29)17(10-14-4-2-1-3-5-14)26-23(30)27-9-8-16-20(25-12-24-16)21(27)15-6-7-18-19(11-15)32-13-31-18/h1-7,11-12,17,21H,8-10,13H2,(H,24,25)(H,26,30)(H,28,29)/t17-,21?/m0/s1. The van der Waals surface area contributed by atoms with Crippen molar-refractivity contribution < 1.29 is 24.2 Å². The van der Waals surface area contributed by atoms with Gasteiger partial charge in [0.2, 0.25) is 6.79 Å². The van der Waals surface area contributed by atoms with E-state index in [1.54, 1.807) is 11.2 Å². The average molecular weight is 434 g/mol. The van der Waals surface area contributed by atoms with Crippen molar-refractivity contribution in [2.24, 2.45) is 0 Å². The van der Waals surface area contributed by atoms with E-state index in [0.29, 0.717) is 24.5 Å². The molecule has 0 spiro atoms. The lowest BCUT2D eigenvalue weighted by molar-refractivity contribution is -0.139. The molecule has 32 heavy (non-hydrogen) atoms. The fourth-order valence-corrected chi connectivity index (χ4v) is 4.20. The molecule has 2 aliphatic rings. The zero-order chi connectivity index (χ0) is 22.1. The summed E-state index contributed by atoms with van der Waals surface area (Å²) in [7, 11) is 0. The zero-order valence-electron chi connectivity index (χ0n) is 17.2. The number of nitrogens with zero attached hydrogens (tertiary/aromatic N) is 2. The van der Waals surface area contributed by atoms with Crippen LogP contribution in [-0.2, 0) is 17.6 Å². The third-order valence-corrected chi connectivity index (χ3v) is 5.78.